The summed E-state index contributed by atoms with van der Waals surface area (Å²) in [4.78, 5) is 210. The van der Waals surface area contributed by atoms with E-state index in [1.54, 1.807) is 68.6 Å². The number of benzene rings is 4. The Morgan fingerprint density at radius 1 is 0.468 bits per heavy atom. The summed E-state index contributed by atoms with van der Waals surface area (Å²) in [5.74, 6) is -17.7. The minimum Gasteiger partial charge on any atom is -0.480 e. The van der Waals surface area contributed by atoms with E-state index in [1.165, 1.54) is 87.3 Å². The summed E-state index contributed by atoms with van der Waals surface area (Å²) in [6.07, 6.45) is 6.11. The zero-order valence-corrected chi connectivity index (χ0v) is 79.7. The molecule has 7 amide bonds. The van der Waals surface area contributed by atoms with E-state index >= 15 is 0 Å². The van der Waals surface area contributed by atoms with Crippen LogP contribution in [0.15, 0.2) is 117 Å². The molecular formula is C85H113N21O29S4. The van der Waals surface area contributed by atoms with Crippen molar-refractivity contribution in [2.75, 3.05) is 127 Å². The standard InChI is InChI=1S/C85H113N21O29S4/c1-49-29-51(3)76(52(4)30-49)138(132,133)99-62(83(122)123)37-92-78(117)59-40-105(66-33-55(9-11-57(66)74(59)115)35-91-68-39-86-48-95-68)20-8-16-88-81(120)65(47-137(129,130)131)98-82(121)61(96-70(108)42-101-21-23-102(43-71(109)110)25-27-104(45-73(113)114)28-26-103(24-22-101)44-72(111)112)13-14-69(107)97-64(46-136(126,127)128)80(119)87-15-7-19-106-41-60(75(116)58-12-10-56(34-67(58)106)36-94-85-89-17-18-90-85)79(118)93-38-63(84(124)125)100-139(134,135)77-53(5)31-50(2)32-54(77)6/h9-12,17-18,29-34,39-41,48,61-65,91,99-100,126-128H,7-8,13-16,19-28,35-38,42-47H2,1-6H3,(H,86,95)(H,87,119)(H,88,120)(H,92,117)(H,93,118)(H,96,108)(H,97,107)(H,98,121)(H,109,110)(H,111,112)(H,113,114)(H,122,123)(H,124,125)(H2,89,90,94)(H,129,130,131)/t61-,62-,63-,64-,65-/m0/s1. The summed E-state index contributed by atoms with van der Waals surface area (Å²) in [5, 5.41) is 72.4. The number of aryl methyl sites for hydroxylation is 8. The number of amides is 7. The minimum atomic E-state index is -5.30. The van der Waals surface area contributed by atoms with Gasteiger partial charge in [0.2, 0.25) is 60.4 Å². The predicted octanol–water partition coefficient (Wildman–Crippen LogP) is -1.31. The third-order valence-electron chi connectivity index (χ3n) is 22.1. The first kappa shape index (κ1) is 109. The molecule has 0 aliphatic carbocycles. The molecule has 4 aromatic heterocycles. The van der Waals surface area contributed by atoms with E-state index in [4.69, 9.17) is 0 Å². The Balaban J connectivity index is 0.949. The van der Waals surface area contributed by atoms with Crippen LogP contribution in [-0.4, -0.2) is 335 Å². The number of carboxylic acids is 5. The SMILES string of the molecule is Cc1cc(C)c(S(=O)(=O)N[C@@H](CNC(=O)c2cn(CCCNC(=O)[C@H](CS(O)(O)O)NC(=O)CC[C@H](NC(=O)CN3CCN(CC(=O)O)CCN(CC(=O)O)CCN(CC(=O)O)CC3)C(=O)N[C@@H](CS(=O)(=O)O)C(=O)NCCCn3cc(C(=O)NC[C@H](NS(=O)(=O)c4c(C)cc(C)cc4C)C(=O)O)c(=O)c4ccc(CNc5cnc[nH]5)cc43)c3cc(CNc4ncc[nH]4)ccc3c2=O)C(=O)O)c(C)c1. The lowest BCUT2D eigenvalue weighted by atomic mass is 10.1. The lowest BCUT2D eigenvalue weighted by molar-refractivity contribution is -0.140. The number of imidazole rings is 2. The first-order chi connectivity index (χ1) is 65.4. The van der Waals surface area contributed by atoms with Gasteiger partial charge >= 0.3 is 29.8 Å². The number of aliphatic carboxylic acids is 5. The maximum Gasteiger partial charge on any atom is 0.323 e. The summed E-state index contributed by atoms with van der Waals surface area (Å²) in [6, 6.07) is 5.12. The Kier molecular flexibility index (Phi) is 38.8. The molecule has 1 fully saturated rings. The van der Waals surface area contributed by atoms with Crippen LogP contribution in [0.4, 0.5) is 11.8 Å². The predicted molar refractivity (Wildman–Crippen MR) is 503 cm³/mol. The van der Waals surface area contributed by atoms with Crippen LogP contribution in [0.1, 0.15) is 90.9 Å². The maximum atomic E-state index is 14.9. The molecule has 0 unspecified atom stereocenters. The maximum absolute atomic E-state index is 14.9. The van der Waals surface area contributed by atoms with Gasteiger partial charge in [0.1, 0.15) is 52.9 Å². The number of hydrogen-bond acceptors (Lipinski definition) is 31. The topological polar surface area (TPSA) is 736 Å². The van der Waals surface area contributed by atoms with Gasteiger partial charge in [-0.15, -0.1) is 0 Å². The summed E-state index contributed by atoms with van der Waals surface area (Å²) in [5.41, 5.74) is 1.42. The summed E-state index contributed by atoms with van der Waals surface area (Å²) < 4.78 is 129. The van der Waals surface area contributed by atoms with Crippen LogP contribution in [-0.2, 0) is 104 Å². The second-order valence-corrected chi connectivity index (χ2v) is 39.7. The summed E-state index contributed by atoms with van der Waals surface area (Å²) >= 11 is 0. The molecule has 22 N–H and O–H groups in total. The number of carbonyl (C=O) groups excluding carboxylic acids is 7. The molecule has 0 saturated carbocycles. The fraction of sp³-hybridized carbons (Fsp3) is 0.435. The fourth-order valence-corrected chi connectivity index (χ4v) is 20.4. The Bertz CT molecular complexity index is 6280. The van der Waals surface area contributed by atoms with Crippen LogP contribution in [0.3, 0.4) is 0 Å². The molecule has 1 aliphatic heterocycles. The lowest BCUT2D eigenvalue weighted by Crippen LogP contribution is -2.57. The number of nitrogens with one attached hydrogen (secondary N) is 13. The molecule has 5 heterocycles. The highest BCUT2D eigenvalue weighted by atomic mass is 32.3. The Labute approximate surface area is 797 Å². The van der Waals surface area contributed by atoms with E-state index in [0.717, 1.165) is 23.5 Å². The van der Waals surface area contributed by atoms with Crippen LogP contribution in [0.5, 0.6) is 0 Å². The number of anilines is 2. The van der Waals surface area contributed by atoms with Gasteiger partial charge in [-0.05, 0) is 118 Å². The van der Waals surface area contributed by atoms with Crippen molar-refractivity contribution in [2.24, 2.45) is 0 Å². The first-order valence-corrected chi connectivity index (χ1v) is 49.6. The largest absolute Gasteiger partial charge is 0.480 e. The van der Waals surface area contributed by atoms with Gasteiger partial charge in [-0.1, -0.05) is 47.5 Å². The number of rotatable bonds is 49. The quantitative estimate of drug-likeness (QED) is 0.0156. The number of aromatic amines is 2. The van der Waals surface area contributed by atoms with Crippen molar-refractivity contribution in [1.82, 2.24) is 95.3 Å². The normalized spacial score (nSPS) is 14.7. The van der Waals surface area contributed by atoms with Gasteiger partial charge in [0.15, 0.2) is 5.95 Å². The summed E-state index contributed by atoms with van der Waals surface area (Å²) in [7, 11) is -19.1. The molecule has 0 spiro atoms. The first-order valence-electron chi connectivity index (χ1n) is 43.3. The Morgan fingerprint density at radius 2 is 0.878 bits per heavy atom. The number of pyridine rings is 2. The highest BCUT2D eigenvalue weighted by Gasteiger charge is 2.36. The number of sulfonamides is 2. The van der Waals surface area contributed by atoms with Gasteiger partial charge < -0.3 is 106 Å². The number of carboxylic acid groups (broad SMARTS) is 5. The highest BCUT2D eigenvalue weighted by Crippen LogP contribution is 2.33. The van der Waals surface area contributed by atoms with Gasteiger partial charge in [0.25, 0.3) is 21.9 Å². The lowest BCUT2D eigenvalue weighted by Gasteiger charge is -2.33. The molecule has 9 rings (SSSR count). The van der Waals surface area contributed by atoms with Crippen LogP contribution in [0, 0.1) is 41.5 Å². The molecule has 5 atom stereocenters. The molecule has 756 valence electrons. The van der Waals surface area contributed by atoms with E-state index in [1.807, 2.05) is 0 Å². The van der Waals surface area contributed by atoms with Crippen molar-refractivity contribution in [3.05, 3.63) is 174 Å². The zero-order chi connectivity index (χ0) is 102. The minimum absolute atomic E-state index is 0.00872. The van der Waals surface area contributed by atoms with Gasteiger partial charge in [-0.2, -0.15) is 17.9 Å². The third kappa shape index (κ3) is 33.3. The van der Waals surface area contributed by atoms with Crippen LogP contribution >= 0.6 is 10.9 Å². The molecule has 8 aromatic rings. The van der Waals surface area contributed by atoms with Crippen molar-refractivity contribution in [1.29, 1.82) is 0 Å². The molecule has 4 aromatic carbocycles. The second-order valence-electron chi connectivity index (χ2n) is 33.3. The van der Waals surface area contributed by atoms with Crippen molar-refractivity contribution < 1.29 is 127 Å². The number of nitrogens with zero attached hydrogens (tertiary/aromatic N) is 8. The van der Waals surface area contributed by atoms with Crippen molar-refractivity contribution in [3.8, 4) is 0 Å². The molecule has 54 heteroatoms. The van der Waals surface area contributed by atoms with Gasteiger partial charge in [-0.3, -0.25) is 91.3 Å². The van der Waals surface area contributed by atoms with E-state index in [2.05, 4.69) is 77.2 Å². The molecule has 1 aliphatic rings. The smallest absolute Gasteiger partial charge is 0.323 e. The van der Waals surface area contributed by atoms with E-state index in [9.17, 15) is 136 Å². The van der Waals surface area contributed by atoms with Gasteiger partial charge in [0.05, 0.1) is 76.2 Å². The molecule has 0 bridgehead atoms. The van der Waals surface area contributed by atoms with Gasteiger partial charge in [0, 0.05) is 147 Å². The van der Waals surface area contributed by atoms with Crippen LogP contribution < -0.4 is 68.2 Å². The van der Waals surface area contributed by atoms with Crippen LogP contribution in [0.2, 0.25) is 0 Å². The number of carbonyl (C=O) groups is 12. The monoisotopic (exact) mass is 2020 g/mol. The zero-order valence-electron chi connectivity index (χ0n) is 76.4. The van der Waals surface area contributed by atoms with Crippen molar-refractivity contribution >= 4 is 146 Å². The molecular weight excluding hydrogens is 1910 g/mol. The third-order valence-corrected chi connectivity index (χ3v) is 27.2. The Hall–Kier alpha value is -13.2. The van der Waals surface area contributed by atoms with E-state index in [0.29, 0.717) is 45.1 Å². The number of aromatic nitrogens is 6. The van der Waals surface area contributed by atoms with E-state index in [-0.39, 0.29) is 130 Å². The molecule has 50 nitrogen and oxygen atoms in total. The van der Waals surface area contributed by atoms with Crippen LogP contribution in [0.25, 0.3) is 21.8 Å². The summed E-state index contributed by atoms with van der Waals surface area (Å²) in [6.45, 7) is 3.85. The fourth-order valence-electron chi connectivity index (χ4n) is 15.8. The Morgan fingerprint density at radius 3 is 1.26 bits per heavy atom. The average molecular weight is 2020 g/mol. The van der Waals surface area contributed by atoms with Gasteiger partial charge in [-0.25, -0.2) is 26.8 Å². The number of fused-ring (bicyclic) bond motifs is 2. The highest BCUT2D eigenvalue weighted by molar-refractivity contribution is 8.19. The number of H-pyrrole nitrogens is 2. The molecule has 139 heavy (non-hydrogen) atoms. The van der Waals surface area contributed by atoms with Crippen molar-refractivity contribution in [3.63, 3.8) is 0 Å². The average Bonchev–Trinajstić information content (AvgIpc) is 1.14. The second kappa shape index (κ2) is 49.4. The number of hydrogen-bond donors (Lipinski definition) is 22. The molecule has 1 saturated heterocycles. The molecule has 0 radical (unpaired) electrons. The van der Waals surface area contributed by atoms with Crippen molar-refractivity contribution in [2.45, 2.75) is 133 Å². The van der Waals surface area contributed by atoms with E-state index < -0.39 is 235 Å².